The maximum absolute atomic E-state index is 12.0. The summed E-state index contributed by atoms with van der Waals surface area (Å²) >= 11 is 0. The fourth-order valence-corrected chi connectivity index (χ4v) is 2.31. The molecule has 1 unspecified atom stereocenters. The third-order valence-electron chi connectivity index (χ3n) is 3.41. The van der Waals surface area contributed by atoms with E-state index in [-0.39, 0.29) is 12.5 Å². The summed E-state index contributed by atoms with van der Waals surface area (Å²) in [4.78, 5) is 24.1. The van der Waals surface area contributed by atoms with Crippen LogP contribution in [0.2, 0.25) is 0 Å². The van der Waals surface area contributed by atoms with Gasteiger partial charge in [0.2, 0.25) is 5.91 Å². The smallest absolute Gasteiger partial charge is 0.323 e. The van der Waals surface area contributed by atoms with E-state index in [9.17, 15) is 9.59 Å². The van der Waals surface area contributed by atoms with Gasteiger partial charge in [-0.1, -0.05) is 0 Å². The lowest BCUT2D eigenvalue weighted by molar-refractivity contribution is -0.145. The Bertz CT molecular complexity index is 290. The predicted octanol–water partition coefficient (Wildman–Crippen LogP) is 0.326. The van der Waals surface area contributed by atoms with Crippen LogP contribution in [0.4, 0.5) is 0 Å². The number of ether oxygens (including phenoxy) is 1. The summed E-state index contributed by atoms with van der Waals surface area (Å²) in [5.41, 5.74) is 0. The van der Waals surface area contributed by atoms with Crippen molar-refractivity contribution in [1.29, 1.82) is 0 Å². The van der Waals surface area contributed by atoms with E-state index in [2.05, 4.69) is 5.32 Å². The van der Waals surface area contributed by atoms with Gasteiger partial charge >= 0.3 is 5.97 Å². The van der Waals surface area contributed by atoms with Crippen molar-refractivity contribution in [3.8, 4) is 0 Å². The SMILES string of the molecule is COCCN(CC(=O)O)C(=O)CCC1CCCNC1. The monoisotopic (exact) mass is 272 g/mol. The molecule has 0 aromatic carbocycles. The standard InChI is InChI=1S/C13H24N2O4/c1-19-8-7-15(10-13(17)18)12(16)5-4-11-3-2-6-14-9-11/h11,14H,2-10H2,1H3,(H,17,18). The average Bonchev–Trinajstić information content (AvgIpc) is 2.41. The minimum Gasteiger partial charge on any atom is -0.480 e. The number of carboxylic acids is 1. The van der Waals surface area contributed by atoms with Gasteiger partial charge in [-0.05, 0) is 38.3 Å². The van der Waals surface area contributed by atoms with E-state index in [1.165, 1.54) is 12.0 Å². The van der Waals surface area contributed by atoms with Crippen molar-refractivity contribution in [2.24, 2.45) is 5.92 Å². The Morgan fingerprint density at radius 2 is 2.26 bits per heavy atom. The molecule has 0 aromatic rings. The highest BCUT2D eigenvalue weighted by Crippen LogP contribution is 2.16. The number of nitrogens with zero attached hydrogens (tertiary/aromatic N) is 1. The van der Waals surface area contributed by atoms with Gasteiger partial charge in [0.1, 0.15) is 6.54 Å². The zero-order valence-corrected chi connectivity index (χ0v) is 11.6. The predicted molar refractivity (Wildman–Crippen MR) is 70.9 cm³/mol. The van der Waals surface area contributed by atoms with E-state index < -0.39 is 5.97 Å². The number of nitrogens with one attached hydrogen (secondary N) is 1. The normalized spacial score (nSPS) is 19.1. The van der Waals surface area contributed by atoms with Crippen LogP contribution in [-0.4, -0.2) is 61.8 Å². The van der Waals surface area contributed by atoms with E-state index in [0.29, 0.717) is 25.5 Å². The van der Waals surface area contributed by atoms with Crippen molar-refractivity contribution < 1.29 is 19.4 Å². The molecule has 1 atom stereocenters. The molecule has 110 valence electrons. The molecule has 19 heavy (non-hydrogen) atoms. The lowest BCUT2D eigenvalue weighted by atomic mass is 9.94. The molecule has 0 bridgehead atoms. The summed E-state index contributed by atoms with van der Waals surface area (Å²) in [6.45, 7) is 2.48. The van der Waals surface area contributed by atoms with Crippen LogP contribution in [-0.2, 0) is 14.3 Å². The van der Waals surface area contributed by atoms with Crippen molar-refractivity contribution in [1.82, 2.24) is 10.2 Å². The molecule has 1 rings (SSSR count). The van der Waals surface area contributed by atoms with E-state index in [1.807, 2.05) is 0 Å². The fraction of sp³-hybridized carbons (Fsp3) is 0.846. The molecule has 6 nitrogen and oxygen atoms in total. The number of amides is 1. The van der Waals surface area contributed by atoms with Gasteiger partial charge in [-0.2, -0.15) is 0 Å². The van der Waals surface area contributed by atoms with Gasteiger partial charge in [-0.15, -0.1) is 0 Å². The zero-order valence-electron chi connectivity index (χ0n) is 11.6. The molecule has 1 aliphatic heterocycles. The molecule has 0 aliphatic carbocycles. The van der Waals surface area contributed by atoms with Crippen molar-refractivity contribution in [2.75, 3.05) is 39.9 Å². The number of carboxylic acid groups (broad SMARTS) is 1. The Hall–Kier alpha value is -1.14. The molecule has 0 saturated carbocycles. The number of hydrogen-bond donors (Lipinski definition) is 2. The maximum atomic E-state index is 12.0. The van der Waals surface area contributed by atoms with Crippen molar-refractivity contribution in [2.45, 2.75) is 25.7 Å². The molecule has 1 heterocycles. The lowest BCUT2D eigenvalue weighted by Crippen LogP contribution is -2.38. The first kappa shape index (κ1) is 15.9. The van der Waals surface area contributed by atoms with Crippen LogP contribution in [0, 0.1) is 5.92 Å². The number of piperidine rings is 1. The third kappa shape index (κ3) is 6.54. The molecule has 0 aromatic heterocycles. The minimum absolute atomic E-state index is 0.0926. The van der Waals surface area contributed by atoms with Crippen LogP contribution in [0.5, 0.6) is 0 Å². The van der Waals surface area contributed by atoms with Crippen LogP contribution in [0.1, 0.15) is 25.7 Å². The number of aliphatic carboxylic acids is 1. The van der Waals surface area contributed by atoms with Crippen molar-refractivity contribution >= 4 is 11.9 Å². The van der Waals surface area contributed by atoms with E-state index in [4.69, 9.17) is 9.84 Å². The van der Waals surface area contributed by atoms with Gasteiger partial charge in [0.25, 0.3) is 0 Å². The summed E-state index contributed by atoms with van der Waals surface area (Å²) < 4.78 is 4.90. The second-order valence-electron chi connectivity index (χ2n) is 4.95. The fourth-order valence-electron chi connectivity index (χ4n) is 2.31. The van der Waals surface area contributed by atoms with Gasteiger partial charge in [0, 0.05) is 20.1 Å². The van der Waals surface area contributed by atoms with Crippen LogP contribution in [0.25, 0.3) is 0 Å². The topological polar surface area (TPSA) is 78.9 Å². The summed E-state index contributed by atoms with van der Waals surface area (Å²) in [6.07, 6.45) is 3.55. The van der Waals surface area contributed by atoms with Crippen LogP contribution >= 0.6 is 0 Å². The average molecular weight is 272 g/mol. The van der Waals surface area contributed by atoms with Crippen molar-refractivity contribution in [3.63, 3.8) is 0 Å². The molecule has 1 amide bonds. The van der Waals surface area contributed by atoms with E-state index >= 15 is 0 Å². The Morgan fingerprint density at radius 3 is 2.84 bits per heavy atom. The summed E-state index contributed by atoms with van der Waals surface area (Å²) in [6, 6.07) is 0. The Balaban J connectivity index is 2.34. The largest absolute Gasteiger partial charge is 0.480 e. The van der Waals surface area contributed by atoms with Crippen LogP contribution in [0.3, 0.4) is 0 Å². The molecule has 2 N–H and O–H groups in total. The number of methoxy groups -OCH3 is 1. The molecule has 0 radical (unpaired) electrons. The first-order valence-electron chi connectivity index (χ1n) is 6.82. The van der Waals surface area contributed by atoms with Crippen molar-refractivity contribution in [3.05, 3.63) is 0 Å². The molecular weight excluding hydrogens is 248 g/mol. The van der Waals surface area contributed by atoms with Crippen LogP contribution < -0.4 is 5.32 Å². The van der Waals surface area contributed by atoms with Gasteiger partial charge in [0.05, 0.1) is 6.61 Å². The number of carbonyl (C=O) groups excluding carboxylic acids is 1. The quantitative estimate of drug-likeness (QED) is 0.665. The first-order chi connectivity index (χ1) is 9.13. The van der Waals surface area contributed by atoms with Gasteiger partial charge < -0.3 is 20.1 Å². The molecule has 0 spiro atoms. The highest BCUT2D eigenvalue weighted by atomic mass is 16.5. The highest BCUT2D eigenvalue weighted by Gasteiger charge is 2.19. The number of hydrogen-bond acceptors (Lipinski definition) is 4. The number of carbonyl (C=O) groups is 2. The lowest BCUT2D eigenvalue weighted by Gasteiger charge is -2.24. The number of rotatable bonds is 8. The van der Waals surface area contributed by atoms with Crippen LogP contribution in [0.15, 0.2) is 0 Å². The van der Waals surface area contributed by atoms with E-state index in [1.54, 1.807) is 0 Å². The van der Waals surface area contributed by atoms with Gasteiger partial charge in [0.15, 0.2) is 0 Å². The third-order valence-corrected chi connectivity index (χ3v) is 3.41. The highest BCUT2D eigenvalue weighted by molar-refractivity contribution is 5.81. The Kier molecular flexibility index (Phi) is 7.43. The van der Waals surface area contributed by atoms with E-state index in [0.717, 1.165) is 32.4 Å². The van der Waals surface area contributed by atoms with Gasteiger partial charge in [-0.3, -0.25) is 9.59 Å². The molecule has 1 saturated heterocycles. The molecular formula is C13H24N2O4. The molecule has 1 fully saturated rings. The summed E-state index contributed by atoms with van der Waals surface area (Å²) in [5.74, 6) is -0.541. The van der Waals surface area contributed by atoms with Gasteiger partial charge in [-0.25, -0.2) is 0 Å². The summed E-state index contributed by atoms with van der Waals surface area (Å²) in [5, 5.41) is 12.1. The Labute approximate surface area is 114 Å². The minimum atomic E-state index is -0.983. The zero-order chi connectivity index (χ0) is 14.1. The second kappa shape index (κ2) is 8.87. The second-order valence-corrected chi connectivity index (χ2v) is 4.95. The Morgan fingerprint density at radius 1 is 1.47 bits per heavy atom. The molecule has 1 aliphatic rings. The summed E-state index contributed by atoms with van der Waals surface area (Å²) in [7, 11) is 1.54. The first-order valence-corrected chi connectivity index (χ1v) is 6.82. The molecule has 6 heteroatoms. The maximum Gasteiger partial charge on any atom is 0.323 e.